The Morgan fingerprint density at radius 2 is 2.20 bits per heavy atom. The minimum atomic E-state index is 0.217. The molecule has 2 aliphatic rings. The number of hydrogen-bond donors (Lipinski definition) is 1. The van der Waals surface area contributed by atoms with Crippen LogP contribution >= 0.6 is 0 Å². The fourth-order valence-electron chi connectivity index (χ4n) is 3.28. The van der Waals surface area contributed by atoms with Crippen LogP contribution in [0.1, 0.15) is 40.5 Å². The molecule has 0 aromatic heterocycles. The van der Waals surface area contributed by atoms with Gasteiger partial charge >= 0.3 is 0 Å². The van der Waals surface area contributed by atoms with E-state index in [1.807, 2.05) is 0 Å². The highest BCUT2D eigenvalue weighted by molar-refractivity contribution is 5.78. The van der Waals surface area contributed by atoms with E-state index < -0.39 is 0 Å². The molecule has 2 heterocycles. The van der Waals surface area contributed by atoms with Crippen molar-refractivity contribution in [2.75, 3.05) is 32.8 Å². The Labute approximate surface area is 123 Å². The van der Waals surface area contributed by atoms with Gasteiger partial charge in [0.1, 0.15) is 0 Å². The van der Waals surface area contributed by atoms with Crippen molar-refractivity contribution in [1.82, 2.24) is 10.2 Å². The van der Waals surface area contributed by atoms with Crippen LogP contribution < -0.4 is 5.32 Å². The van der Waals surface area contributed by atoms with Crippen LogP contribution in [0.4, 0.5) is 0 Å². The first-order chi connectivity index (χ1) is 9.41. The van der Waals surface area contributed by atoms with Crippen molar-refractivity contribution in [3.8, 4) is 0 Å². The highest BCUT2D eigenvalue weighted by atomic mass is 16.5. The number of amides is 1. The Hall–Kier alpha value is -0.610. The molecular weight excluding hydrogens is 252 g/mol. The van der Waals surface area contributed by atoms with Crippen LogP contribution in [-0.2, 0) is 9.53 Å². The molecule has 0 aliphatic carbocycles. The van der Waals surface area contributed by atoms with Gasteiger partial charge < -0.3 is 15.0 Å². The zero-order valence-electron chi connectivity index (χ0n) is 13.4. The number of rotatable bonds is 5. The van der Waals surface area contributed by atoms with Crippen molar-refractivity contribution in [1.29, 1.82) is 0 Å². The minimum Gasteiger partial charge on any atom is -0.381 e. The molecule has 20 heavy (non-hydrogen) atoms. The summed E-state index contributed by atoms with van der Waals surface area (Å²) >= 11 is 0. The summed E-state index contributed by atoms with van der Waals surface area (Å²) in [4.78, 5) is 14.3. The summed E-state index contributed by atoms with van der Waals surface area (Å²) in [6.07, 6.45) is 1.83. The molecule has 2 saturated heterocycles. The van der Waals surface area contributed by atoms with Crippen LogP contribution in [0.3, 0.4) is 0 Å². The van der Waals surface area contributed by atoms with E-state index in [9.17, 15) is 4.79 Å². The fraction of sp³-hybridized carbons (Fsp3) is 0.938. The summed E-state index contributed by atoms with van der Waals surface area (Å²) in [7, 11) is 0. The Morgan fingerprint density at radius 1 is 1.45 bits per heavy atom. The molecule has 4 heteroatoms. The number of nitrogens with zero attached hydrogens (tertiary/aromatic N) is 1. The summed E-state index contributed by atoms with van der Waals surface area (Å²) in [6, 6.07) is 0.380. The van der Waals surface area contributed by atoms with Gasteiger partial charge in [0.05, 0.1) is 6.61 Å². The second-order valence-corrected chi connectivity index (χ2v) is 7.35. The van der Waals surface area contributed by atoms with Crippen molar-refractivity contribution in [3.63, 3.8) is 0 Å². The lowest BCUT2D eigenvalue weighted by molar-refractivity contribution is -0.128. The standard InChI is InChI=1S/C16H30N2O2/c1-5-17-14(12-6-7-20-11-12)10-18-9-13(8-15(18)19)16(2,3)4/h12-14,17H,5-11H2,1-4H3. The number of ether oxygens (including phenoxy) is 1. The molecule has 0 aromatic carbocycles. The van der Waals surface area contributed by atoms with Gasteiger partial charge in [0.2, 0.25) is 5.91 Å². The van der Waals surface area contributed by atoms with Crippen LogP contribution in [0.25, 0.3) is 0 Å². The third kappa shape index (κ3) is 3.73. The minimum absolute atomic E-state index is 0.217. The van der Waals surface area contributed by atoms with Gasteiger partial charge in [-0.2, -0.15) is 0 Å². The Kier molecular flexibility index (Phi) is 5.08. The van der Waals surface area contributed by atoms with Crippen molar-refractivity contribution < 1.29 is 9.53 Å². The second kappa shape index (κ2) is 6.44. The van der Waals surface area contributed by atoms with Crippen LogP contribution in [0.5, 0.6) is 0 Å². The zero-order valence-corrected chi connectivity index (χ0v) is 13.4. The predicted molar refractivity (Wildman–Crippen MR) is 80.5 cm³/mol. The Bertz CT molecular complexity index is 332. The maximum atomic E-state index is 12.3. The lowest BCUT2D eigenvalue weighted by atomic mass is 9.80. The topological polar surface area (TPSA) is 41.6 Å². The maximum Gasteiger partial charge on any atom is 0.222 e. The largest absolute Gasteiger partial charge is 0.381 e. The van der Waals surface area contributed by atoms with Gasteiger partial charge in [-0.1, -0.05) is 27.7 Å². The molecule has 0 radical (unpaired) electrons. The van der Waals surface area contributed by atoms with E-state index in [1.54, 1.807) is 0 Å². The lowest BCUT2D eigenvalue weighted by Gasteiger charge is -2.30. The molecule has 4 nitrogen and oxygen atoms in total. The molecule has 2 aliphatic heterocycles. The van der Waals surface area contributed by atoms with Crippen LogP contribution in [0.2, 0.25) is 0 Å². The molecule has 116 valence electrons. The first kappa shape index (κ1) is 15.8. The van der Waals surface area contributed by atoms with E-state index >= 15 is 0 Å². The number of carbonyl (C=O) groups excluding carboxylic acids is 1. The predicted octanol–water partition coefficient (Wildman–Crippen LogP) is 1.90. The Balaban J connectivity index is 1.94. The third-order valence-corrected chi connectivity index (χ3v) is 4.86. The van der Waals surface area contributed by atoms with Crippen molar-refractivity contribution in [2.24, 2.45) is 17.3 Å². The number of nitrogens with one attached hydrogen (secondary N) is 1. The first-order valence-corrected chi connectivity index (χ1v) is 8.00. The quantitative estimate of drug-likeness (QED) is 0.837. The number of hydrogen-bond acceptors (Lipinski definition) is 3. The average molecular weight is 282 g/mol. The van der Waals surface area contributed by atoms with Gasteiger partial charge in [0.25, 0.3) is 0 Å². The van der Waals surface area contributed by atoms with Crippen LogP contribution in [0, 0.1) is 17.3 Å². The molecule has 0 saturated carbocycles. The Morgan fingerprint density at radius 3 is 2.70 bits per heavy atom. The van der Waals surface area contributed by atoms with E-state index in [2.05, 4.69) is 37.9 Å². The highest BCUT2D eigenvalue weighted by Gasteiger charge is 2.38. The summed E-state index contributed by atoms with van der Waals surface area (Å²) in [5, 5.41) is 3.55. The lowest BCUT2D eigenvalue weighted by Crippen LogP contribution is -2.46. The van der Waals surface area contributed by atoms with E-state index in [-0.39, 0.29) is 5.41 Å². The van der Waals surface area contributed by atoms with Crippen molar-refractivity contribution in [2.45, 2.75) is 46.6 Å². The fourth-order valence-corrected chi connectivity index (χ4v) is 3.28. The number of likely N-dealkylation sites (N-methyl/N-ethyl adjacent to an activating group) is 1. The third-order valence-electron chi connectivity index (χ3n) is 4.86. The summed E-state index contributed by atoms with van der Waals surface area (Å²) in [5.41, 5.74) is 0.217. The second-order valence-electron chi connectivity index (χ2n) is 7.35. The summed E-state index contributed by atoms with van der Waals surface area (Å²) < 4.78 is 5.51. The maximum absolute atomic E-state index is 12.3. The van der Waals surface area contributed by atoms with Gasteiger partial charge in [0, 0.05) is 38.1 Å². The molecule has 2 fully saturated rings. The molecule has 3 atom stereocenters. The van der Waals surface area contributed by atoms with Gasteiger partial charge in [0.15, 0.2) is 0 Å². The van der Waals surface area contributed by atoms with Crippen molar-refractivity contribution in [3.05, 3.63) is 0 Å². The molecule has 1 N–H and O–H groups in total. The molecule has 0 bridgehead atoms. The highest BCUT2D eigenvalue weighted by Crippen LogP contribution is 2.34. The molecular formula is C16H30N2O2. The SMILES string of the molecule is CCNC(CN1CC(C(C)(C)C)CC1=O)C1CCOC1. The average Bonchev–Trinajstić information content (AvgIpc) is 2.98. The van der Waals surface area contributed by atoms with E-state index in [1.165, 1.54) is 0 Å². The molecule has 3 unspecified atom stereocenters. The van der Waals surface area contributed by atoms with Crippen LogP contribution in [-0.4, -0.2) is 49.7 Å². The summed E-state index contributed by atoms with van der Waals surface area (Å²) in [6.45, 7) is 13.3. The van der Waals surface area contributed by atoms with Gasteiger partial charge in [-0.25, -0.2) is 0 Å². The van der Waals surface area contributed by atoms with E-state index in [0.29, 0.717) is 30.2 Å². The molecule has 0 aromatic rings. The first-order valence-electron chi connectivity index (χ1n) is 8.00. The van der Waals surface area contributed by atoms with Gasteiger partial charge in [-0.3, -0.25) is 4.79 Å². The normalized spacial score (nSPS) is 29.2. The molecule has 1 amide bonds. The van der Waals surface area contributed by atoms with Crippen LogP contribution in [0.15, 0.2) is 0 Å². The smallest absolute Gasteiger partial charge is 0.222 e. The van der Waals surface area contributed by atoms with E-state index in [4.69, 9.17) is 4.74 Å². The van der Waals surface area contributed by atoms with E-state index in [0.717, 1.165) is 39.3 Å². The molecule has 0 spiro atoms. The number of carbonyl (C=O) groups is 1. The van der Waals surface area contributed by atoms with Crippen molar-refractivity contribution >= 4 is 5.91 Å². The number of likely N-dealkylation sites (tertiary alicyclic amines) is 1. The van der Waals surface area contributed by atoms with Gasteiger partial charge in [-0.15, -0.1) is 0 Å². The molecule has 2 rings (SSSR count). The van der Waals surface area contributed by atoms with Gasteiger partial charge in [-0.05, 0) is 24.3 Å². The monoisotopic (exact) mass is 282 g/mol. The zero-order chi connectivity index (χ0) is 14.8. The summed E-state index contributed by atoms with van der Waals surface area (Å²) in [5.74, 6) is 1.36.